The van der Waals surface area contributed by atoms with E-state index in [9.17, 15) is 33.9 Å². The Labute approximate surface area is 363 Å². The number of benzene rings is 1. The van der Waals surface area contributed by atoms with Gasteiger partial charge in [0.25, 0.3) is 11.8 Å². The second-order valence-corrected chi connectivity index (χ2v) is 18.4. The summed E-state index contributed by atoms with van der Waals surface area (Å²) in [5, 5.41) is 22.2. The molecular formula is C45H63N9O8. The second kappa shape index (κ2) is 19.4. The van der Waals surface area contributed by atoms with Crippen molar-refractivity contribution in [2.45, 2.75) is 147 Å². The smallest absolute Gasteiger partial charge is 0.290 e. The number of nitrogens with one attached hydrogen (secondary N) is 4. The number of carbonyl (C=O) groups is 7. The summed E-state index contributed by atoms with van der Waals surface area (Å²) in [7, 11) is 0. The SMILES string of the molecule is CCCC(NC(=O)[C@@H]1CC2(CN1C(=O)[C@@H](NC(=O)[C@@H](NC(=O)c1cnccn1)C1CCCCC1)C(C)(C)C)N(CC)C(=O)[C@H]1C[C@@H](O)CN12)C(=O)C(=O)N[C@@H](C)c1ccccc1. The molecule has 3 aliphatic heterocycles. The van der Waals surface area contributed by atoms with Crippen LogP contribution in [-0.2, 0) is 28.8 Å². The van der Waals surface area contributed by atoms with Crippen molar-refractivity contribution in [3.05, 3.63) is 60.2 Å². The Kier molecular flexibility index (Phi) is 14.5. The number of carbonyl (C=O) groups excluding carboxylic acids is 7. The molecule has 3 saturated heterocycles. The Morgan fingerprint density at radius 2 is 1.66 bits per heavy atom. The number of ketones is 1. The van der Waals surface area contributed by atoms with Gasteiger partial charge in [-0.25, -0.2) is 4.98 Å². The van der Waals surface area contributed by atoms with E-state index in [4.69, 9.17) is 0 Å². The molecule has 0 bridgehead atoms. The zero-order chi connectivity index (χ0) is 44.9. The van der Waals surface area contributed by atoms with E-state index in [1.165, 1.54) is 23.5 Å². The number of likely N-dealkylation sites (N-methyl/N-ethyl adjacent to an activating group) is 1. The van der Waals surface area contributed by atoms with Crippen LogP contribution in [0.25, 0.3) is 0 Å². The lowest BCUT2D eigenvalue weighted by molar-refractivity contribution is -0.146. The fourth-order valence-electron chi connectivity index (χ4n) is 9.85. The van der Waals surface area contributed by atoms with Gasteiger partial charge in [0.2, 0.25) is 29.4 Å². The van der Waals surface area contributed by atoms with Gasteiger partial charge in [-0.05, 0) is 56.4 Å². The lowest BCUT2D eigenvalue weighted by Gasteiger charge is -2.41. The van der Waals surface area contributed by atoms with Crippen LogP contribution in [0.1, 0.15) is 121 Å². The summed E-state index contributed by atoms with van der Waals surface area (Å²) in [6, 6.07) is 3.35. The first-order chi connectivity index (χ1) is 29.5. The quantitative estimate of drug-likeness (QED) is 0.163. The molecule has 62 heavy (non-hydrogen) atoms. The third-order valence-electron chi connectivity index (χ3n) is 13.1. The van der Waals surface area contributed by atoms with Gasteiger partial charge in [-0.1, -0.05) is 83.7 Å². The summed E-state index contributed by atoms with van der Waals surface area (Å²) < 4.78 is 0. The third kappa shape index (κ3) is 9.68. The average Bonchev–Trinajstić information content (AvgIpc) is 3.92. The summed E-state index contributed by atoms with van der Waals surface area (Å²) in [6.45, 7) is 11.1. The minimum Gasteiger partial charge on any atom is -0.392 e. The van der Waals surface area contributed by atoms with Crippen LogP contribution in [-0.4, -0.2) is 133 Å². The Bertz CT molecular complexity index is 1970. The van der Waals surface area contributed by atoms with Gasteiger partial charge in [-0.15, -0.1) is 0 Å². The van der Waals surface area contributed by atoms with Gasteiger partial charge in [0.05, 0.1) is 37.0 Å². The van der Waals surface area contributed by atoms with Crippen molar-refractivity contribution in [3.63, 3.8) is 0 Å². The standard InChI is InChI=1S/C45H63N9O8/c1-7-15-31(36(56)41(60)48-27(3)28-16-11-9-12-17-28)49-39(58)34-23-45(53(8-2)42(61)33-22-30(55)25-54(33)45)26-52(34)43(62)37(44(4,5)6)51-40(59)35(29-18-13-10-14-19-29)50-38(57)32-24-46-20-21-47-32/h9,11-12,16-17,20-21,24,27,29-31,33-35,37,55H,7-8,10,13-15,18-19,22-23,25-26H2,1-6H3,(H,48,60)(H,49,58)(H,50,57)(H,51,59)/t27-,30+,31?,33+,34-,35-,37+,45?/m0/s1. The first-order valence-electron chi connectivity index (χ1n) is 22.1. The molecular weight excluding hydrogens is 795 g/mol. The van der Waals surface area contributed by atoms with Gasteiger partial charge < -0.3 is 36.2 Å². The lowest BCUT2D eigenvalue weighted by atomic mass is 9.82. The lowest BCUT2D eigenvalue weighted by Crippen LogP contribution is -2.62. The zero-order valence-electron chi connectivity index (χ0n) is 36.8. The summed E-state index contributed by atoms with van der Waals surface area (Å²) in [5.41, 5.74) is -1.27. The van der Waals surface area contributed by atoms with Crippen molar-refractivity contribution in [2.75, 3.05) is 19.6 Å². The molecule has 4 fully saturated rings. The Hall–Kier alpha value is -5.29. The molecule has 1 aromatic heterocycles. The molecule has 2 aromatic rings. The number of hydrogen-bond acceptors (Lipinski definition) is 11. The highest BCUT2D eigenvalue weighted by atomic mass is 16.3. The van der Waals surface area contributed by atoms with Gasteiger partial charge in [0.15, 0.2) is 0 Å². The van der Waals surface area contributed by atoms with E-state index in [1.54, 1.807) is 32.6 Å². The predicted octanol–water partition coefficient (Wildman–Crippen LogP) is 2.01. The highest BCUT2D eigenvalue weighted by Crippen LogP contribution is 2.46. The van der Waals surface area contributed by atoms with Gasteiger partial charge >= 0.3 is 0 Å². The molecule has 1 saturated carbocycles. The molecule has 6 amide bonds. The van der Waals surface area contributed by atoms with Crippen LogP contribution in [0.4, 0.5) is 0 Å². The number of aromatic nitrogens is 2. The second-order valence-electron chi connectivity index (χ2n) is 18.4. The van der Waals surface area contributed by atoms with E-state index in [0.717, 1.165) is 24.8 Å². The normalized spacial score (nSPS) is 24.8. The fraction of sp³-hybridized carbons (Fsp3) is 0.622. The number of likely N-dealkylation sites (tertiary alicyclic amines) is 1. The van der Waals surface area contributed by atoms with E-state index in [-0.39, 0.29) is 56.4 Å². The molecule has 6 rings (SSSR count). The van der Waals surface area contributed by atoms with Crippen LogP contribution >= 0.6 is 0 Å². The molecule has 1 aromatic carbocycles. The molecule has 0 radical (unpaired) electrons. The largest absolute Gasteiger partial charge is 0.392 e. The number of fused-ring (bicyclic) bond motifs is 2. The zero-order valence-corrected chi connectivity index (χ0v) is 36.8. The van der Waals surface area contributed by atoms with E-state index in [2.05, 4.69) is 31.2 Å². The molecule has 1 aliphatic carbocycles. The third-order valence-corrected chi connectivity index (χ3v) is 13.1. The highest BCUT2D eigenvalue weighted by molar-refractivity contribution is 6.38. The molecule has 5 N–H and O–H groups in total. The van der Waals surface area contributed by atoms with Gasteiger partial charge in [0, 0.05) is 31.9 Å². The number of hydrogen-bond donors (Lipinski definition) is 5. The summed E-state index contributed by atoms with van der Waals surface area (Å²) in [5.74, 6) is -4.54. The van der Waals surface area contributed by atoms with E-state index in [0.29, 0.717) is 19.3 Å². The molecule has 4 aliphatic rings. The monoisotopic (exact) mass is 857 g/mol. The van der Waals surface area contributed by atoms with Crippen molar-refractivity contribution in [2.24, 2.45) is 11.3 Å². The van der Waals surface area contributed by atoms with Gasteiger partial charge in [-0.3, -0.25) is 43.4 Å². The molecule has 2 unspecified atom stereocenters. The molecule has 17 heteroatoms. The molecule has 8 atom stereocenters. The Morgan fingerprint density at radius 1 is 0.952 bits per heavy atom. The number of rotatable bonds is 15. The maximum absolute atomic E-state index is 15.3. The van der Waals surface area contributed by atoms with Crippen LogP contribution in [0.3, 0.4) is 0 Å². The molecule has 4 heterocycles. The first-order valence-corrected chi connectivity index (χ1v) is 22.1. The van der Waals surface area contributed by atoms with Crippen molar-refractivity contribution in [3.8, 4) is 0 Å². The topological polar surface area (TPSA) is 223 Å². The summed E-state index contributed by atoms with van der Waals surface area (Å²) >= 11 is 0. The first kappa shape index (κ1) is 46.2. The minimum atomic E-state index is -1.24. The van der Waals surface area contributed by atoms with Crippen LogP contribution < -0.4 is 21.3 Å². The van der Waals surface area contributed by atoms with Crippen molar-refractivity contribution in [1.82, 2.24) is 45.9 Å². The van der Waals surface area contributed by atoms with Crippen molar-refractivity contribution in [1.29, 1.82) is 0 Å². The Balaban J connectivity index is 1.31. The number of aliphatic hydroxyl groups is 1. The van der Waals surface area contributed by atoms with Gasteiger partial charge in [0.1, 0.15) is 29.5 Å². The number of Topliss-reactive ketones (excluding diaryl/α,β-unsaturated/α-hetero) is 1. The maximum atomic E-state index is 15.3. The number of aliphatic hydroxyl groups excluding tert-OH is 1. The van der Waals surface area contributed by atoms with Gasteiger partial charge in [-0.2, -0.15) is 0 Å². The van der Waals surface area contributed by atoms with Crippen LogP contribution in [0.5, 0.6) is 0 Å². The van der Waals surface area contributed by atoms with E-state index >= 15 is 4.79 Å². The predicted molar refractivity (Wildman–Crippen MR) is 227 cm³/mol. The van der Waals surface area contributed by atoms with E-state index < -0.39 is 88.8 Å². The Morgan fingerprint density at radius 3 is 2.29 bits per heavy atom. The number of amides is 6. The van der Waals surface area contributed by atoms with Crippen LogP contribution in [0, 0.1) is 11.3 Å². The number of nitrogens with zero attached hydrogens (tertiary/aromatic N) is 5. The summed E-state index contributed by atoms with van der Waals surface area (Å²) in [6.07, 6.45) is 8.23. The minimum absolute atomic E-state index is 0.0404. The molecule has 336 valence electrons. The average molecular weight is 858 g/mol. The fourth-order valence-corrected chi connectivity index (χ4v) is 9.85. The van der Waals surface area contributed by atoms with Crippen LogP contribution in [0.15, 0.2) is 48.9 Å². The maximum Gasteiger partial charge on any atom is 0.290 e. The van der Waals surface area contributed by atoms with Crippen molar-refractivity contribution >= 4 is 41.2 Å². The van der Waals surface area contributed by atoms with E-state index in [1.807, 2.05) is 49.1 Å². The molecule has 1 spiro atoms. The highest BCUT2D eigenvalue weighted by Gasteiger charge is 2.65. The van der Waals surface area contributed by atoms with Crippen molar-refractivity contribution < 1.29 is 38.7 Å². The summed E-state index contributed by atoms with van der Waals surface area (Å²) in [4.78, 5) is 112. The van der Waals surface area contributed by atoms with Crippen LogP contribution in [0.2, 0.25) is 0 Å². The molecule has 17 nitrogen and oxygen atoms in total.